The summed E-state index contributed by atoms with van der Waals surface area (Å²) >= 11 is 0. The number of aromatic amines is 1. The Morgan fingerprint density at radius 1 is 1.15 bits per heavy atom. The molecule has 0 aliphatic carbocycles. The van der Waals surface area contributed by atoms with Crippen LogP contribution in [0.2, 0.25) is 0 Å². The predicted octanol–water partition coefficient (Wildman–Crippen LogP) is 3.57. The summed E-state index contributed by atoms with van der Waals surface area (Å²) in [5.41, 5.74) is 16.2. The molecule has 41 heavy (non-hydrogen) atoms. The van der Waals surface area contributed by atoms with Gasteiger partial charge >= 0.3 is 11.9 Å². The molecule has 218 valence electrons. The van der Waals surface area contributed by atoms with Gasteiger partial charge in [-0.15, -0.1) is 0 Å². The van der Waals surface area contributed by atoms with E-state index in [2.05, 4.69) is 20.3 Å². The largest absolute Gasteiger partial charge is 0.419 e. The number of aryl methyl sites for hydroxylation is 1. The van der Waals surface area contributed by atoms with Gasteiger partial charge in [0, 0.05) is 36.3 Å². The Kier molecular flexibility index (Phi) is 9.08. The van der Waals surface area contributed by atoms with Crippen molar-refractivity contribution in [1.29, 1.82) is 0 Å². The molecule has 2 aromatic heterocycles. The van der Waals surface area contributed by atoms with Crippen molar-refractivity contribution < 1.29 is 17.6 Å². The SMILES string of the molecule is C[C@H](N)CCc1cc(-c2cc3cn(-c4ccc(CNCCCN=C(N)N)cc4)c(=O)nc3[nH]2)c(F)c(C(F)(F)F)c1. The number of rotatable bonds is 11. The van der Waals surface area contributed by atoms with Gasteiger partial charge in [-0.2, -0.15) is 18.2 Å². The summed E-state index contributed by atoms with van der Waals surface area (Å²) in [6.45, 7) is 3.60. The number of guanidine groups is 1. The third-order valence-electron chi connectivity index (χ3n) is 6.47. The molecule has 0 fully saturated rings. The Morgan fingerprint density at radius 3 is 2.54 bits per heavy atom. The maximum atomic E-state index is 15.1. The number of nitrogens with zero attached hydrogens (tertiary/aromatic N) is 3. The molecule has 2 aromatic carbocycles. The van der Waals surface area contributed by atoms with Crippen LogP contribution in [-0.2, 0) is 19.1 Å². The van der Waals surface area contributed by atoms with Crippen molar-refractivity contribution >= 4 is 17.0 Å². The lowest BCUT2D eigenvalue weighted by Crippen LogP contribution is -2.23. The van der Waals surface area contributed by atoms with Crippen LogP contribution in [0.5, 0.6) is 0 Å². The first-order valence-electron chi connectivity index (χ1n) is 13.1. The van der Waals surface area contributed by atoms with E-state index in [0.29, 0.717) is 42.7 Å². The Hall–Kier alpha value is -4.23. The van der Waals surface area contributed by atoms with Crippen LogP contribution in [0.25, 0.3) is 28.0 Å². The first kappa shape index (κ1) is 29.7. The lowest BCUT2D eigenvalue weighted by Gasteiger charge is -2.14. The summed E-state index contributed by atoms with van der Waals surface area (Å²) in [7, 11) is 0. The number of alkyl halides is 3. The quantitative estimate of drug-likeness (QED) is 0.0802. The van der Waals surface area contributed by atoms with Crippen LogP contribution in [0.15, 0.2) is 58.4 Å². The van der Waals surface area contributed by atoms with Gasteiger partial charge in [0.2, 0.25) is 0 Å². The van der Waals surface area contributed by atoms with Crippen LogP contribution in [0.3, 0.4) is 0 Å². The topological polar surface area (TPSA) is 153 Å². The minimum atomic E-state index is -4.88. The molecule has 1 atom stereocenters. The molecule has 0 radical (unpaired) electrons. The molecule has 8 N–H and O–H groups in total. The van der Waals surface area contributed by atoms with Crippen LogP contribution in [0.1, 0.15) is 36.5 Å². The highest BCUT2D eigenvalue weighted by atomic mass is 19.4. The van der Waals surface area contributed by atoms with Gasteiger partial charge < -0.3 is 27.5 Å². The third kappa shape index (κ3) is 7.50. The van der Waals surface area contributed by atoms with Crippen LogP contribution in [0, 0.1) is 5.82 Å². The molecule has 4 rings (SSSR count). The molecular formula is C28H32F4N8O. The maximum absolute atomic E-state index is 15.1. The van der Waals surface area contributed by atoms with E-state index in [9.17, 15) is 18.0 Å². The number of hydrogen-bond acceptors (Lipinski definition) is 5. The van der Waals surface area contributed by atoms with Gasteiger partial charge in [0.05, 0.1) is 16.9 Å². The van der Waals surface area contributed by atoms with Gasteiger partial charge in [-0.05, 0) is 74.2 Å². The number of benzene rings is 2. The summed E-state index contributed by atoms with van der Waals surface area (Å²) in [6, 6.07) is 10.7. The monoisotopic (exact) mass is 572 g/mol. The molecule has 9 nitrogen and oxygen atoms in total. The minimum Gasteiger partial charge on any atom is -0.370 e. The van der Waals surface area contributed by atoms with Crippen molar-refractivity contribution in [3.63, 3.8) is 0 Å². The summed E-state index contributed by atoms with van der Waals surface area (Å²) < 4.78 is 57.4. The molecule has 2 heterocycles. The number of aromatic nitrogens is 3. The van der Waals surface area contributed by atoms with Crippen molar-refractivity contribution in [2.75, 3.05) is 13.1 Å². The zero-order chi connectivity index (χ0) is 29.7. The van der Waals surface area contributed by atoms with Gasteiger partial charge in [-0.3, -0.25) is 9.56 Å². The lowest BCUT2D eigenvalue weighted by atomic mass is 9.98. The number of fused-ring (bicyclic) bond motifs is 1. The van der Waals surface area contributed by atoms with Crippen molar-refractivity contribution in [3.05, 3.63) is 81.7 Å². The standard InChI is InChI=1S/C28H32F4N8O/c1-16(33)3-4-18-11-21(24(29)22(12-18)28(30,31)32)23-13-19-15-40(27(41)39-25(19)38-23)20-7-5-17(6-8-20)14-36-9-2-10-37-26(34)35/h5-8,11-13,15-16,36H,2-4,9-10,14,33H2,1H3,(H4,34,35,37)(H,38,39,41)/t16-/m0/s1. The van der Waals surface area contributed by atoms with Gasteiger partial charge in [0.25, 0.3) is 0 Å². The fraction of sp³-hybridized carbons (Fsp3) is 0.321. The number of nitrogens with two attached hydrogens (primary N) is 3. The van der Waals surface area contributed by atoms with E-state index >= 15 is 4.39 Å². The first-order valence-corrected chi connectivity index (χ1v) is 13.1. The minimum absolute atomic E-state index is 0.0596. The molecule has 0 saturated heterocycles. The molecule has 0 spiro atoms. The van der Waals surface area contributed by atoms with E-state index in [0.717, 1.165) is 18.1 Å². The Balaban J connectivity index is 1.59. The number of aliphatic imine (C=N–C) groups is 1. The van der Waals surface area contributed by atoms with Crippen LogP contribution < -0.4 is 28.2 Å². The number of nitrogens with one attached hydrogen (secondary N) is 2. The van der Waals surface area contributed by atoms with Crippen LogP contribution in [0.4, 0.5) is 17.6 Å². The fourth-order valence-electron chi connectivity index (χ4n) is 4.37. The summed E-state index contributed by atoms with van der Waals surface area (Å²) in [5, 5.41) is 3.71. The molecule has 4 aromatic rings. The second-order valence-corrected chi connectivity index (χ2v) is 9.90. The average molecular weight is 573 g/mol. The van der Waals surface area contributed by atoms with E-state index in [1.165, 1.54) is 22.9 Å². The Bertz CT molecular complexity index is 1590. The van der Waals surface area contributed by atoms with Crippen molar-refractivity contribution in [1.82, 2.24) is 19.9 Å². The second-order valence-electron chi connectivity index (χ2n) is 9.90. The summed E-state index contributed by atoms with van der Waals surface area (Å²) in [5.74, 6) is -1.34. The number of hydrogen-bond donors (Lipinski definition) is 5. The van der Waals surface area contributed by atoms with E-state index in [4.69, 9.17) is 17.2 Å². The summed E-state index contributed by atoms with van der Waals surface area (Å²) in [6.07, 6.45) is -1.91. The van der Waals surface area contributed by atoms with E-state index in [-0.39, 0.29) is 35.3 Å². The predicted molar refractivity (Wildman–Crippen MR) is 151 cm³/mol. The van der Waals surface area contributed by atoms with Gasteiger partial charge in [-0.1, -0.05) is 12.1 Å². The molecule has 0 saturated carbocycles. The third-order valence-corrected chi connectivity index (χ3v) is 6.47. The van der Waals surface area contributed by atoms with Crippen molar-refractivity contribution in [2.45, 2.75) is 44.9 Å². The number of H-pyrrole nitrogens is 1. The van der Waals surface area contributed by atoms with Crippen LogP contribution >= 0.6 is 0 Å². The summed E-state index contributed by atoms with van der Waals surface area (Å²) in [4.78, 5) is 23.6. The highest BCUT2D eigenvalue weighted by Crippen LogP contribution is 2.37. The van der Waals surface area contributed by atoms with E-state index in [1.807, 2.05) is 12.1 Å². The normalized spacial score (nSPS) is 12.5. The van der Waals surface area contributed by atoms with Crippen molar-refractivity contribution in [2.24, 2.45) is 22.2 Å². The zero-order valence-electron chi connectivity index (χ0n) is 22.4. The second kappa shape index (κ2) is 12.5. The fourth-order valence-corrected chi connectivity index (χ4v) is 4.37. The van der Waals surface area contributed by atoms with Crippen molar-refractivity contribution in [3.8, 4) is 16.9 Å². The number of halogens is 4. The molecule has 0 aliphatic heterocycles. The average Bonchev–Trinajstić information content (AvgIpc) is 3.31. The van der Waals surface area contributed by atoms with Gasteiger partial charge in [-0.25, -0.2) is 9.18 Å². The van der Waals surface area contributed by atoms with Gasteiger partial charge in [0.15, 0.2) is 5.96 Å². The van der Waals surface area contributed by atoms with E-state index < -0.39 is 23.2 Å². The lowest BCUT2D eigenvalue weighted by molar-refractivity contribution is -0.140. The molecule has 0 aliphatic rings. The smallest absolute Gasteiger partial charge is 0.370 e. The molecule has 0 bridgehead atoms. The molecule has 13 heteroatoms. The highest BCUT2D eigenvalue weighted by Gasteiger charge is 2.36. The highest BCUT2D eigenvalue weighted by molar-refractivity contribution is 5.83. The molecule has 0 unspecified atom stereocenters. The van der Waals surface area contributed by atoms with Gasteiger partial charge in [0.1, 0.15) is 11.5 Å². The van der Waals surface area contributed by atoms with E-state index in [1.54, 1.807) is 19.1 Å². The maximum Gasteiger partial charge on any atom is 0.419 e. The Labute approximate surface area is 233 Å². The van der Waals surface area contributed by atoms with Crippen LogP contribution in [-0.4, -0.2) is 39.6 Å². The first-order chi connectivity index (χ1) is 19.4. The zero-order valence-corrected chi connectivity index (χ0v) is 22.4. The molecular weight excluding hydrogens is 540 g/mol. The Morgan fingerprint density at radius 2 is 1.88 bits per heavy atom. The molecule has 0 amide bonds.